The van der Waals surface area contributed by atoms with Gasteiger partial charge in [-0.2, -0.15) is 0 Å². The maximum atomic E-state index is 2.29. The van der Waals surface area contributed by atoms with Gasteiger partial charge in [-0.05, 0) is 0 Å². The first kappa shape index (κ1) is 39.6. The number of hydrogen-bond donors (Lipinski definition) is 0. The van der Waals surface area contributed by atoms with E-state index < -0.39 is 0 Å². The van der Waals surface area contributed by atoms with Gasteiger partial charge in [-0.1, -0.05) is 13.3 Å². The number of benzene rings is 1. The van der Waals surface area contributed by atoms with Crippen LogP contribution in [0.5, 0.6) is 0 Å². The van der Waals surface area contributed by atoms with Crippen molar-refractivity contribution in [2.45, 2.75) is 77.6 Å². The van der Waals surface area contributed by atoms with E-state index in [9.17, 15) is 0 Å². The van der Waals surface area contributed by atoms with Crippen molar-refractivity contribution >= 4 is 26.5 Å². The van der Waals surface area contributed by atoms with Crippen LogP contribution in [-0.2, 0) is 6.42 Å². The predicted molar refractivity (Wildman–Crippen MR) is 102 cm³/mol. The third-order valence-electron chi connectivity index (χ3n) is 3.79. The van der Waals surface area contributed by atoms with Gasteiger partial charge in [-0.25, -0.2) is 0 Å². The Hall–Kier alpha value is -0.382. The van der Waals surface area contributed by atoms with Crippen molar-refractivity contribution < 1.29 is 28.2 Å². The van der Waals surface area contributed by atoms with Crippen LogP contribution in [0.2, 0.25) is 0 Å². The third kappa shape index (κ3) is 21.6. The minimum absolute atomic E-state index is 0. The normalized spacial score (nSPS) is 8.24. The molecule has 0 aliphatic carbocycles. The average molecular weight is 487 g/mol. The van der Waals surface area contributed by atoms with E-state index in [2.05, 4.69) is 31.2 Å². The van der Waals surface area contributed by atoms with E-state index in [1.807, 2.05) is 23.0 Å². The van der Waals surface area contributed by atoms with Gasteiger partial charge in [0.25, 0.3) is 0 Å². The molecule has 0 atom stereocenters. The summed E-state index contributed by atoms with van der Waals surface area (Å²) in [6.07, 6.45) is 15.6. The van der Waals surface area contributed by atoms with Gasteiger partial charge >= 0.3 is 121 Å². The summed E-state index contributed by atoms with van der Waals surface area (Å²) in [6, 6.07) is 8.87. The first-order chi connectivity index (χ1) is 9.34. The number of hydrogen-bond acceptors (Lipinski definition) is 0. The van der Waals surface area contributed by atoms with Crippen LogP contribution in [0, 0.1) is 0 Å². The Bertz CT molecular complexity index is 339. The van der Waals surface area contributed by atoms with Crippen molar-refractivity contribution in [3.8, 4) is 0 Å². The molecule has 0 aliphatic heterocycles. The van der Waals surface area contributed by atoms with Crippen LogP contribution in [0.15, 0.2) is 24.3 Å². The predicted octanol–water partition coefficient (Wildman–Crippen LogP) is 5.86. The molecular weight excluding hydrogens is 452 g/mol. The van der Waals surface area contributed by atoms with E-state index in [0.29, 0.717) is 0 Å². The number of halogens is 6. The number of aryl methyl sites for hydroxylation is 1. The summed E-state index contributed by atoms with van der Waals surface area (Å²) in [5.41, 5.74) is 1.57. The fourth-order valence-corrected chi connectivity index (χ4v) is 3.30. The molecule has 1 aromatic rings. The van der Waals surface area contributed by atoms with Gasteiger partial charge in [0, 0.05) is 0 Å². The maximum Gasteiger partial charge on any atom is -0.269 e. The summed E-state index contributed by atoms with van der Waals surface area (Å²) < 4.78 is 1.51. The van der Waals surface area contributed by atoms with Crippen molar-refractivity contribution in [3.63, 3.8) is 0 Å². The van der Waals surface area contributed by atoms with Crippen molar-refractivity contribution in [2.75, 3.05) is 0 Å². The van der Waals surface area contributed by atoms with Crippen LogP contribution < -0.4 is 3.51 Å². The molecule has 0 unspecified atom stereocenters. The molecule has 0 aliphatic rings. The Labute approximate surface area is 162 Å². The van der Waals surface area contributed by atoms with E-state index in [4.69, 9.17) is 0 Å². The minimum Gasteiger partial charge on any atom is -0.269 e. The molecule has 154 valence electrons. The molecular formula is C18H35F6Sb. The van der Waals surface area contributed by atoms with Gasteiger partial charge in [0.05, 0.1) is 0 Å². The van der Waals surface area contributed by atoms with Crippen LogP contribution >= 0.6 is 0 Å². The van der Waals surface area contributed by atoms with Crippen LogP contribution in [0.25, 0.3) is 0 Å². The molecule has 0 N–H and O–H groups in total. The third-order valence-corrected chi connectivity index (χ3v) is 5.04. The molecule has 1 aromatic carbocycles. The van der Waals surface area contributed by atoms with E-state index in [1.165, 1.54) is 74.1 Å². The van der Waals surface area contributed by atoms with Crippen molar-refractivity contribution in [1.29, 1.82) is 0 Å². The van der Waals surface area contributed by atoms with Crippen molar-refractivity contribution in [1.82, 2.24) is 0 Å². The van der Waals surface area contributed by atoms with Crippen molar-refractivity contribution in [3.05, 3.63) is 29.8 Å². The molecule has 0 amide bonds. The second kappa shape index (κ2) is 28.4. The monoisotopic (exact) mass is 486 g/mol. The fraction of sp³-hybridized carbons (Fsp3) is 0.667. The molecule has 0 bridgehead atoms. The van der Waals surface area contributed by atoms with Crippen LogP contribution in [0.3, 0.4) is 0 Å². The molecule has 2 radical (unpaired) electrons. The Morgan fingerprint density at radius 2 is 1.00 bits per heavy atom. The Morgan fingerprint density at radius 3 is 1.44 bits per heavy atom. The molecule has 7 heteroatoms. The summed E-state index contributed by atoms with van der Waals surface area (Å²) in [4.78, 5) is 0. The molecule has 0 saturated carbocycles. The van der Waals surface area contributed by atoms with Gasteiger partial charge < -0.3 is 0 Å². The molecule has 0 heterocycles. The Kier molecular flexibility index (Phi) is 45.0. The van der Waals surface area contributed by atoms with Crippen LogP contribution in [0.4, 0.5) is 28.2 Å². The Balaban J connectivity index is -0.000000150. The summed E-state index contributed by atoms with van der Waals surface area (Å²) in [5, 5.41) is 0. The molecule has 0 nitrogen and oxygen atoms in total. The van der Waals surface area contributed by atoms with Gasteiger partial charge in [0.1, 0.15) is 0 Å². The summed E-state index contributed by atoms with van der Waals surface area (Å²) in [7, 11) is 0. The van der Waals surface area contributed by atoms with Gasteiger partial charge in [0.2, 0.25) is 0 Å². The number of unbranched alkanes of at least 4 members (excludes halogenated alkanes) is 9. The first-order valence-electron chi connectivity index (χ1n) is 8.11. The molecule has 0 fully saturated rings. The molecule has 0 aromatic heterocycles. The first-order valence-corrected chi connectivity index (χ1v) is 9.39. The quantitative estimate of drug-likeness (QED) is 0.209. The van der Waals surface area contributed by atoms with Gasteiger partial charge in [-0.3, -0.25) is 28.2 Å². The van der Waals surface area contributed by atoms with E-state index >= 15 is 0 Å². The topological polar surface area (TPSA) is 0 Å². The molecule has 25 heavy (non-hydrogen) atoms. The minimum atomic E-state index is 0. The molecule has 1 rings (SSSR count). The maximum absolute atomic E-state index is 2.29. The fourth-order valence-electron chi connectivity index (χ4n) is 2.53. The number of rotatable bonds is 11. The largest absolute Gasteiger partial charge is 0.269 e. The second-order valence-corrected chi connectivity index (χ2v) is 6.94. The second-order valence-electron chi connectivity index (χ2n) is 5.56. The van der Waals surface area contributed by atoms with Gasteiger partial charge in [-0.15, -0.1) is 0 Å². The summed E-state index contributed by atoms with van der Waals surface area (Å²) >= 11 is 1.86. The van der Waals surface area contributed by atoms with Crippen LogP contribution in [-0.4, -0.2) is 23.0 Å². The zero-order valence-electron chi connectivity index (χ0n) is 15.0. The SMILES string of the molecule is CCCCCCCCCCCCc1cccc[c]1[Sb].F.F.F.F.F.F. The molecule has 0 spiro atoms. The Morgan fingerprint density at radius 1 is 0.600 bits per heavy atom. The average Bonchev–Trinajstić information content (AvgIpc) is 2.43. The van der Waals surface area contributed by atoms with Gasteiger partial charge in [0.15, 0.2) is 0 Å². The molecule has 0 saturated heterocycles. The smallest absolute Gasteiger partial charge is 0.269 e. The van der Waals surface area contributed by atoms with Crippen molar-refractivity contribution in [2.24, 2.45) is 0 Å². The van der Waals surface area contributed by atoms with Crippen LogP contribution in [0.1, 0.15) is 76.7 Å². The summed E-state index contributed by atoms with van der Waals surface area (Å²) in [5.74, 6) is 0. The van der Waals surface area contributed by atoms with E-state index in [0.717, 1.165) is 0 Å². The summed E-state index contributed by atoms with van der Waals surface area (Å²) in [6.45, 7) is 2.29. The van der Waals surface area contributed by atoms with E-state index in [1.54, 1.807) is 5.56 Å². The zero-order chi connectivity index (χ0) is 13.8. The van der Waals surface area contributed by atoms with E-state index in [-0.39, 0.29) is 28.2 Å². The zero-order valence-corrected chi connectivity index (χ0v) is 17.5. The standard InChI is InChI=1S/C18H29.6FH.Sb/c1-2-3-4-5-6-7-8-9-10-12-15-18-16-13-11-14-17-18;;;;;;;/h11,13-14,16H,2-10,12,15H2,1H3;6*1H;.